The second-order valence-corrected chi connectivity index (χ2v) is 10.5. The van der Waals surface area contributed by atoms with Crippen LogP contribution in [0.5, 0.6) is 23.1 Å². The van der Waals surface area contributed by atoms with E-state index in [4.69, 9.17) is 55.9 Å². The van der Waals surface area contributed by atoms with Crippen molar-refractivity contribution in [3.05, 3.63) is 77.9 Å². The maximum atomic E-state index is 13.7. The maximum Gasteiger partial charge on any atom is 0.446 e. The molecule has 7 nitrogen and oxygen atoms in total. The van der Waals surface area contributed by atoms with Gasteiger partial charge in [0.05, 0.1) is 17.2 Å². The van der Waals surface area contributed by atoms with Crippen molar-refractivity contribution in [2.24, 2.45) is 0 Å². The monoisotopic (exact) mass is 601 g/mol. The van der Waals surface area contributed by atoms with Crippen molar-refractivity contribution in [2.45, 2.75) is 22.9 Å². The molecule has 13 heteroatoms. The van der Waals surface area contributed by atoms with Crippen LogP contribution in [0, 0.1) is 0 Å². The summed E-state index contributed by atoms with van der Waals surface area (Å²) in [5.41, 5.74) is 1.60. The van der Waals surface area contributed by atoms with E-state index in [0.717, 1.165) is 0 Å². The van der Waals surface area contributed by atoms with Gasteiger partial charge >= 0.3 is 6.11 Å². The Labute approximate surface area is 235 Å². The molecule has 3 aromatic carbocycles. The molecule has 0 aliphatic heterocycles. The van der Waals surface area contributed by atoms with Gasteiger partial charge in [-0.1, -0.05) is 46.4 Å². The molecule has 0 aliphatic carbocycles. The van der Waals surface area contributed by atoms with Crippen LogP contribution in [-0.2, 0) is 4.79 Å². The van der Waals surface area contributed by atoms with Gasteiger partial charge in [0.15, 0.2) is 6.10 Å². The molecule has 1 unspecified atom stereocenters. The van der Waals surface area contributed by atoms with Gasteiger partial charge in [0.1, 0.15) is 17.2 Å². The fourth-order valence-corrected chi connectivity index (χ4v) is 3.32. The minimum Gasteiger partial charge on any atom is -0.481 e. The van der Waals surface area contributed by atoms with E-state index in [2.05, 4.69) is 20.0 Å². The molecule has 1 amide bonds. The standard InChI is InChI=1S/C25H17Cl4F2N3O4/c1-14(23(35)33-16-3-5-19(6-4-16)38-25(30,31)24(27,28)29)36-17-7-9-18(10-8-17)37-22-13-32-21-12-15(26)2-11-20(21)34-22/h2-14H,1H3,(H,33,35). The Balaban J connectivity index is 1.31. The Hall–Kier alpha value is -3.11. The van der Waals surface area contributed by atoms with Crippen LogP contribution in [0.25, 0.3) is 11.0 Å². The number of carbonyl (C=O) groups is 1. The van der Waals surface area contributed by atoms with Crippen LogP contribution >= 0.6 is 46.4 Å². The highest BCUT2D eigenvalue weighted by molar-refractivity contribution is 6.68. The smallest absolute Gasteiger partial charge is 0.446 e. The van der Waals surface area contributed by atoms with Gasteiger partial charge in [0.25, 0.3) is 9.70 Å². The van der Waals surface area contributed by atoms with E-state index in [1.807, 2.05) is 0 Å². The molecule has 0 fully saturated rings. The van der Waals surface area contributed by atoms with Gasteiger partial charge in [0.2, 0.25) is 5.88 Å². The first-order valence-corrected chi connectivity index (χ1v) is 12.3. The molecule has 4 rings (SSSR count). The number of hydrogen-bond donors (Lipinski definition) is 1. The number of nitrogens with one attached hydrogen (secondary N) is 1. The minimum absolute atomic E-state index is 0.259. The number of aromatic nitrogens is 2. The predicted molar refractivity (Wildman–Crippen MR) is 142 cm³/mol. The summed E-state index contributed by atoms with van der Waals surface area (Å²) in [5, 5.41) is 3.17. The summed E-state index contributed by atoms with van der Waals surface area (Å²) in [6.45, 7) is 1.55. The maximum absolute atomic E-state index is 13.7. The van der Waals surface area contributed by atoms with Crippen molar-refractivity contribution in [3.8, 4) is 23.1 Å². The number of ether oxygens (including phenoxy) is 3. The number of benzene rings is 3. The van der Waals surface area contributed by atoms with E-state index in [1.54, 1.807) is 49.4 Å². The molecule has 1 atom stereocenters. The van der Waals surface area contributed by atoms with Crippen LogP contribution in [0.15, 0.2) is 72.9 Å². The third-order valence-corrected chi connectivity index (χ3v) is 5.80. The number of fused-ring (bicyclic) bond motifs is 1. The fraction of sp³-hybridized carbons (Fsp3) is 0.160. The second-order valence-electron chi connectivity index (χ2n) is 7.81. The third kappa shape index (κ3) is 7.05. The van der Waals surface area contributed by atoms with Crippen molar-refractivity contribution in [1.29, 1.82) is 0 Å². The number of anilines is 1. The highest BCUT2D eigenvalue weighted by Gasteiger charge is 2.53. The molecule has 0 aliphatic rings. The Morgan fingerprint density at radius 1 is 0.921 bits per heavy atom. The van der Waals surface area contributed by atoms with Crippen LogP contribution in [0.3, 0.4) is 0 Å². The van der Waals surface area contributed by atoms with Crippen molar-refractivity contribution in [3.63, 3.8) is 0 Å². The number of halogens is 6. The normalized spacial score (nSPS) is 12.6. The lowest BCUT2D eigenvalue weighted by atomic mass is 10.2. The molecule has 1 N–H and O–H groups in total. The van der Waals surface area contributed by atoms with Gasteiger partial charge in [-0.2, -0.15) is 8.78 Å². The van der Waals surface area contributed by atoms with Crippen LogP contribution in [0.1, 0.15) is 6.92 Å². The molecule has 1 aromatic heterocycles. The van der Waals surface area contributed by atoms with Crippen molar-refractivity contribution < 1.29 is 27.8 Å². The zero-order chi connectivity index (χ0) is 27.5. The van der Waals surface area contributed by atoms with E-state index in [-0.39, 0.29) is 5.75 Å². The van der Waals surface area contributed by atoms with E-state index < -0.39 is 21.9 Å². The molecule has 0 saturated heterocycles. The van der Waals surface area contributed by atoms with Gasteiger partial charge < -0.3 is 19.5 Å². The van der Waals surface area contributed by atoms with Gasteiger partial charge in [-0.05, 0) is 73.7 Å². The summed E-state index contributed by atoms with van der Waals surface area (Å²) in [7, 11) is 0. The number of alkyl halides is 5. The van der Waals surface area contributed by atoms with Gasteiger partial charge in [0, 0.05) is 10.7 Å². The number of hydrogen-bond acceptors (Lipinski definition) is 6. The Morgan fingerprint density at radius 2 is 1.55 bits per heavy atom. The van der Waals surface area contributed by atoms with Crippen LogP contribution < -0.4 is 19.5 Å². The van der Waals surface area contributed by atoms with Crippen molar-refractivity contribution in [1.82, 2.24) is 9.97 Å². The quantitative estimate of drug-likeness (QED) is 0.207. The summed E-state index contributed by atoms with van der Waals surface area (Å²) < 4.78 is 40.3. The zero-order valence-corrected chi connectivity index (χ0v) is 22.3. The van der Waals surface area contributed by atoms with E-state index >= 15 is 0 Å². The van der Waals surface area contributed by atoms with Crippen LogP contribution in [0.4, 0.5) is 14.5 Å². The third-order valence-electron chi connectivity index (χ3n) is 4.91. The summed E-state index contributed by atoms with van der Waals surface area (Å²) in [6, 6.07) is 16.8. The summed E-state index contributed by atoms with van der Waals surface area (Å²) in [4.78, 5) is 21.2. The van der Waals surface area contributed by atoms with E-state index in [0.29, 0.717) is 39.1 Å². The predicted octanol–water partition coefficient (Wildman–Crippen LogP) is 7.82. The lowest BCUT2D eigenvalue weighted by molar-refractivity contribution is -0.171. The van der Waals surface area contributed by atoms with Crippen molar-refractivity contribution in [2.75, 3.05) is 5.32 Å². The highest BCUT2D eigenvalue weighted by atomic mass is 35.6. The Kier molecular flexibility index (Phi) is 8.32. The number of rotatable bonds is 8. The van der Waals surface area contributed by atoms with Crippen LogP contribution in [-0.4, -0.2) is 31.9 Å². The number of carbonyl (C=O) groups excluding carboxylic acids is 1. The molecular weight excluding hydrogens is 586 g/mol. The first-order valence-electron chi connectivity index (χ1n) is 10.8. The topological polar surface area (TPSA) is 82.6 Å². The van der Waals surface area contributed by atoms with E-state index in [1.165, 1.54) is 30.5 Å². The second kappa shape index (κ2) is 11.3. The molecule has 198 valence electrons. The highest BCUT2D eigenvalue weighted by Crippen LogP contribution is 2.43. The van der Waals surface area contributed by atoms with Gasteiger partial charge in [-0.15, -0.1) is 0 Å². The SMILES string of the molecule is CC(Oc1ccc(Oc2cnc3cc(Cl)ccc3n2)cc1)C(=O)Nc1ccc(OC(F)(F)C(Cl)(Cl)Cl)cc1. The molecule has 4 aromatic rings. The summed E-state index contributed by atoms with van der Waals surface area (Å²) in [5.74, 6) is 0.465. The first-order chi connectivity index (χ1) is 17.9. The number of nitrogens with zero attached hydrogens (tertiary/aromatic N) is 2. The lowest BCUT2D eigenvalue weighted by Gasteiger charge is -2.24. The fourth-order valence-electron chi connectivity index (χ4n) is 3.04. The van der Waals surface area contributed by atoms with Gasteiger partial charge in [-0.3, -0.25) is 4.79 Å². The molecular formula is C25H17Cl4F2N3O4. The molecule has 0 radical (unpaired) electrons. The Bertz CT molecular complexity index is 1440. The molecule has 38 heavy (non-hydrogen) atoms. The van der Waals surface area contributed by atoms with E-state index in [9.17, 15) is 13.6 Å². The summed E-state index contributed by atoms with van der Waals surface area (Å²) in [6.07, 6.45) is -3.45. The average molecular weight is 603 g/mol. The Morgan fingerprint density at radius 3 is 2.21 bits per heavy atom. The molecule has 1 heterocycles. The molecule has 0 spiro atoms. The molecule has 0 bridgehead atoms. The number of amides is 1. The minimum atomic E-state index is -4.05. The largest absolute Gasteiger partial charge is 0.481 e. The van der Waals surface area contributed by atoms with Crippen molar-refractivity contribution >= 4 is 69.0 Å². The lowest BCUT2D eigenvalue weighted by Crippen LogP contribution is -2.39. The summed E-state index contributed by atoms with van der Waals surface area (Å²) >= 11 is 21.6. The zero-order valence-electron chi connectivity index (χ0n) is 19.3. The van der Waals surface area contributed by atoms with Gasteiger partial charge in [-0.25, -0.2) is 9.97 Å². The first kappa shape index (κ1) is 27.9. The van der Waals surface area contributed by atoms with Crippen LogP contribution in [0.2, 0.25) is 5.02 Å². The average Bonchev–Trinajstić information content (AvgIpc) is 2.85. The molecule has 0 saturated carbocycles.